The second-order valence-corrected chi connectivity index (χ2v) is 5.51. The van der Waals surface area contributed by atoms with Crippen molar-refractivity contribution < 1.29 is 9.90 Å². The first-order valence-electron chi connectivity index (χ1n) is 6.99. The van der Waals surface area contributed by atoms with Gasteiger partial charge in [-0.25, -0.2) is 4.79 Å². The van der Waals surface area contributed by atoms with Gasteiger partial charge < -0.3 is 10.4 Å². The van der Waals surface area contributed by atoms with Crippen LogP contribution in [0.25, 0.3) is 0 Å². The molecular formula is C13H22N4O2. The molecule has 1 saturated carbocycles. The number of carbonyl (C=O) groups is 1. The molecule has 1 fully saturated rings. The first kappa shape index (κ1) is 14.0. The lowest BCUT2D eigenvalue weighted by atomic mass is 9.82. The van der Waals surface area contributed by atoms with Crippen LogP contribution in [0.15, 0.2) is 6.20 Å². The number of carboxylic acids is 1. The number of aromatic carboxylic acids is 1. The molecule has 0 aromatic carbocycles. The van der Waals surface area contributed by atoms with E-state index < -0.39 is 5.97 Å². The number of carboxylic acid groups (broad SMARTS) is 1. The predicted molar refractivity (Wildman–Crippen MR) is 71.0 cm³/mol. The van der Waals surface area contributed by atoms with Crippen LogP contribution in [0.2, 0.25) is 0 Å². The molecule has 0 saturated heterocycles. The second-order valence-electron chi connectivity index (χ2n) is 5.51. The molecule has 0 amide bonds. The van der Waals surface area contributed by atoms with E-state index in [9.17, 15) is 4.79 Å². The SMILES string of the molecule is CC1CCCC(CNCCn2cc(C(=O)O)nn2)C1. The number of rotatable bonds is 6. The van der Waals surface area contributed by atoms with Crippen molar-refractivity contribution in [1.29, 1.82) is 0 Å². The van der Waals surface area contributed by atoms with Crippen LogP contribution in [-0.2, 0) is 6.54 Å². The van der Waals surface area contributed by atoms with Crippen LogP contribution < -0.4 is 5.32 Å². The highest BCUT2D eigenvalue weighted by atomic mass is 16.4. The molecule has 0 radical (unpaired) electrons. The molecule has 19 heavy (non-hydrogen) atoms. The van der Waals surface area contributed by atoms with Crippen LogP contribution in [-0.4, -0.2) is 39.2 Å². The Morgan fingerprint density at radius 3 is 3.11 bits per heavy atom. The average molecular weight is 266 g/mol. The minimum absolute atomic E-state index is 0.00102. The van der Waals surface area contributed by atoms with E-state index in [4.69, 9.17) is 5.11 Å². The lowest BCUT2D eigenvalue weighted by Gasteiger charge is -2.26. The van der Waals surface area contributed by atoms with Crippen molar-refractivity contribution in [2.75, 3.05) is 13.1 Å². The maximum atomic E-state index is 10.7. The Balaban J connectivity index is 1.64. The largest absolute Gasteiger partial charge is 0.476 e. The van der Waals surface area contributed by atoms with Gasteiger partial charge in [0.15, 0.2) is 5.69 Å². The molecule has 0 spiro atoms. The molecular weight excluding hydrogens is 244 g/mol. The molecule has 1 aliphatic carbocycles. The molecule has 2 N–H and O–H groups in total. The van der Waals surface area contributed by atoms with Crippen molar-refractivity contribution in [1.82, 2.24) is 20.3 Å². The summed E-state index contributed by atoms with van der Waals surface area (Å²) >= 11 is 0. The van der Waals surface area contributed by atoms with Gasteiger partial charge in [-0.2, -0.15) is 0 Å². The van der Waals surface area contributed by atoms with Gasteiger partial charge >= 0.3 is 5.97 Å². The summed E-state index contributed by atoms with van der Waals surface area (Å²) in [5, 5.41) is 19.5. The minimum Gasteiger partial charge on any atom is -0.476 e. The summed E-state index contributed by atoms with van der Waals surface area (Å²) in [4.78, 5) is 10.7. The standard InChI is InChI=1S/C13H22N4O2/c1-10-3-2-4-11(7-10)8-14-5-6-17-9-12(13(18)19)15-16-17/h9-11,14H,2-8H2,1H3,(H,18,19). The first-order valence-corrected chi connectivity index (χ1v) is 6.99. The Labute approximate surface area is 113 Å². The lowest BCUT2D eigenvalue weighted by Crippen LogP contribution is -2.29. The number of aromatic nitrogens is 3. The molecule has 6 heteroatoms. The van der Waals surface area contributed by atoms with Gasteiger partial charge in [-0.1, -0.05) is 25.0 Å². The van der Waals surface area contributed by atoms with Crippen molar-refractivity contribution in [3.05, 3.63) is 11.9 Å². The third-order valence-electron chi connectivity index (χ3n) is 3.75. The maximum Gasteiger partial charge on any atom is 0.358 e. The monoisotopic (exact) mass is 266 g/mol. The number of hydrogen-bond acceptors (Lipinski definition) is 4. The summed E-state index contributed by atoms with van der Waals surface area (Å²) in [6.45, 7) is 4.83. The Hall–Kier alpha value is -1.43. The van der Waals surface area contributed by atoms with E-state index in [1.165, 1.54) is 31.9 Å². The van der Waals surface area contributed by atoms with Crippen molar-refractivity contribution in [3.63, 3.8) is 0 Å². The molecule has 2 atom stereocenters. The van der Waals surface area contributed by atoms with Crippen LogP contribution >= 0.6 is 0 Å². The van der Waals surface area contributed by atoms with E-state index in [2.05, 4.69) is 22.6 Å². The highest BCUT2D eigenvalue weighted by molar-refractivity contribution is 5.84. The smallest absolute Gasteiger partial charge is 0.358 e. The molecule has 1 heterocycles. The van der Waals surface area contributed by atoms with Gasteiger partial charge in [-0.15, -0.1) is 5.10 Å². The van der Waals surface area contributed by atoms with Gasteiger partial charge in [0.05, 0.1) is 12.7 Å². The Morgan fingerprint density at radius 2 is 2.42 bits per heavy atom. The maximum absolute atomic E-state index is 10.7. The summed E-state index contributed by atoms with van der Waals surface area (Å²) in [5.41, 5.74) is 0.00102. The Morgan fingerprint density at radius 1 is 1.58 bits per heavy atom. The van der Waals surface area contributed by atoms with Crippen LogP contribution in [0.3, 0.4) is 0 Å². The van der Waals surface area contributed by atoms with E-state index >= 15 is 0 Å². The molecule has 2 rings (SSSR count). The summed E-state index contributed by atoms with van der Waals surface area (Å²) in [7, 11) is 0. The fourth-order valence-electron chi connectivity index (χ4n) is 2.75. The van der Waals surface area contributed by atoms with Gasteiger partial charge in [0, 0.05) is 6.54 Å². The van der Waals surface area contributed by atoms with Crippen molar-refractivity contribution >= 4 is 5.97 Å². The van der Waals surface area contributed by atoms with Gasteiger partial charge in [0.1, 0.15) is 0 Å². The zero-order valence-electron chi connectivity index (χ0n) is 11.4. The van der Waals surface area contributed by atoms with Crippen molar-refractivity contribution in [2.45, 2.75) is 39.2 Å². The predicted octanol–water partition coefficient (Wildman–Crippen LogP) is 1.39. The molecule has 0 aliphatic heterocycles. The van der Waals surface area contributed by atoms with E-state index in [0.29, 0.717) is 6.54 Å². The molecule has 6 nitrogen and oxygen atoms in total. The van der Waals surface area contributed by atoms with Crippen LogP contribution in [0.1, 0.15) is 43.1 Å². The average Bonchev–Trinajstić information content (AvgIpc) is 2.84. The second kappa shape index (κ2) is 6.65. The summed E-state index contributed by atoms with van der Waals surface area (Å²) in [6, 6.07) is 0. The lowest BCUT2D eigenvalue weighted by molar-refractivity contribution is 0.0690. The van der Waals surface area contributed by atoms with Crippen molar-refractivity contribution in [3.8, 4) is 0 Å². The number of nitrogens with zero attached hydrogens (tertiary/aromatic N) is 3. The normalized spacial score (nSPS) is 23.4. The molecule has 1 aromatic rings. The minimum atomic E-state index is -1.03. The zero-order valence-corrected chi connectivity index (χ0v) is 11.4. The van der Waals surface area contributed by atoms with Crippen LogP contribution in [0, 0.1) is 11.8 Å². The van der Waals surface area contributed by atoms with Gasteiger partial charge in [0.25, 0.3) is 0 Å². The third kappa shape index (κ3) is 4.31. The Kier molecular flexibility index (Phi) is 4.90. The van der Waals surface area contributed by atoms with Gasteiger partial charge in [0.2, 0.25) is 0 Å². The van der Waals surface area contributed by atoms with Crippen LogP contribution in [0.4, 0.5) is 0 Å². The zero-order chi connectivity index (χ0) is 13.7. The molecule has 106 valence electrons. The number of nitrogens with one attached hydrogen (secondary N) is 1. The third-order valence-corrected chi connectivity index (χ3v) is 3.75. The fraction of sp³-hybridized carbons (Fsp3) is 0.769. The van der Waals surface area contributed by atoms with E-state index in [1.54, 1.807) is 4.68 Å². The van der Waals surface area contributed by atoms with Crippen LogP contribution in [0.5, 0.6) is 0 Å². The van der Waals surface area contributed by atoms with Gasteiger partial charge in [-0.3, -0.25) is 4.68 Å². The first-order chi connectivity index (χ1) is 9.15. The van der Waals surface area contributed by atoms with E-state index in [0.717, 1.165) is 24.9 Å². The Bertz CT molecular complexity index is 419. The molecule has 2 unspecified atom stereocenters. The quantitative estimate of drug-likeness (QED) is 0.761. The van der Waals surface area contributed by atoms with Crippen molar-refractivity contribution in [2.24, 2.45) is 11.8 Å². The summed E-state index contributed by atoms with van der Waals surface area (Å²) < 4.78 is 1.57. The topological polar surface area (TPSA) is 80.0 Å². The van der Waals surface area contributed by atoms with Gasteiger partial charge in [-0.05, 0) is 31.2 Å². The number of hydrogen-bond donors (Lipinski definition) is 2. The highest BCUT2D eigenvalue weighted by Crippen LogP contribution is 2.27. The molecule has 1 aromatic heterocycles. The van der Waals surface area contributed by atoms with E-state index in [-0.39, 0.29) is 5.69 Å². The van der Waals surface area contributed by atoms with E-state index in [1.807, 2.05) is 0 Å². The molecule has 0 bridgehead atoms. The highest BCUT2D eigenvalue weighted by Gasteiger charge is 2.18. The molecule has 1 aliphatic rings. The fourth-order valence-corrected chi connectivity index (χ4v) is 2.75. The summed E-state index contributed by atoms with van der Waals surface area (Å²) in [6.07, 6.45) is 6.82. The summed E-state index contributed by atoms with van der Waals surface area (Å²) in [5.74, 6) is 0.610.